The van der Waals surface area contributed by atoms with Crippen LogP contribution in [0.4, 0.5) is 11.5 Å². The molecule has 0 atom stereocenters. The van der Waals surface area contributed by atoms with E-state index in [2.05, 4.69) is 0 Å². The van der Waals surface area contributed by atoms with Gasteiger partial charge in [-0.3, -0.25) is 14.7 Å². The lowest BCUT2D eigenvalue weighted by Crippen LogP contribution is -2.08. The van der Waals surface area contributed by atoms with Gasteiger partial charge >= 0.3 is 5.97 Å². The lowest BCUT2D eigenvalue weighted by atomic mass is 10.1. The summed E-state index contributed by atoms with van der Waals surface area (Å²) in [7, 11) is 1.55. The Morgan fingerprint density at radius 2 is 1.92 bits per heavy atom. The van der Waals surface area contributed by atoms with E-state index in [-0.39, 0.29) is 23.7 Å². The van der Waals surface area contributed by atoms with Crippen molar-refractivity contribution in [3.63, 3.8) is 0 Å². The number of methoxy groups -OCH3 is 1. The number of nitro groups is 1. The molecule has 1 aromatic heterocycles. The van der Waals surface area contributed by atoms with Gasteiger partial charge in [-0.25, -0.2) is 4.79 Å². The van der Waals surface area contributed by atoms with Gasteiger partial charge in [-0.1, -0.05) is 0 Å². The van der Waals surface area contributed by atoms with Crippen LogP contribution in [0, 0.1) is 10.1 Å². The standard InChI is InChI=1S/C18H17N3O5/c1-3-26-18(22)16-14-9-6-12(21(23)24)10-15(14)20(17(16)19)11-4-7-13(25-2)8-5-11/h4-10H,3,19H2,1-2H3. The molecule has 26 heavy (non-hydrogen) atoms. The molecular formula is C18H17N3O5. The van der Waals surface area contributed by atoms with Gasteiger partial charge in [-0.2, -0.15) is 0 Å². The Labute approximate surface area is 148 Å². The predicted octanol–water partition coefficient (Wildman–Crippen LogP) is 3.31. The zero-order chi connectivity index (χ0) is 18.8. The summed E-state index contributed by atoms with van der Waals surface area (Å²) in [4.78, 5) is 23.0. The van der Waals surface area contributed by atoms with Crippen LogP contribution in [0.25, 0.3) is 16.6 Å². The molecule has 8 nitrogen and oxygen atoms in total. The maximum Gasteiger partial charge on any atom is 0.342 e. The molecule has 1 heterocycles. The maximum absolute atomic E-state index is 12.4. The molecule has 0 saturated carbocycles. The average Bonchev–Trinajstić information content (AvgIpc) is 2.93. The highest BCUT2D eigenvalue weighted by Gasteiger charge is 2.24. The number of hydrogen-bond acceptors (Lipinski definition) is 6. The van der Waals surface area contributed by atoms with Gasteiger partial charge in [0.1, 0.15) is 17.1 Å². The Hall–Kier alpha value is -3.55. The molecule has 134 valence electrons. The van der Waals surface area contributed by atoms with Crippen molar-refractivity contribution in [2.24, 2.45) is 0 Å². The molecule has 0 amide bonds. The number of fused-ring (bicyclic) bond motifs is 1. The van der Waals surface area contributed by atoms with E-state index in [1.165, 1.54) is 18.2 Å². The van der Waals surface area contributed by atoms with Gasteiger partial charge in [0.25, 0.3) is 5.69 Å². The van der Waals surface area contributed by atoms with Crippen LogP contribution in [0.15, 0.2) is 42.5 Å². The van der Waals surface area contributed by atoms with Crippen molar-refractivity contribution < 1.29 is 19.2 Å². The summed E-state index contributed by atoms with van der Waals surface area (Å²) >= 11 is 0. The van der Waals surface area contributed by atoms with Gasteiger partial charge in [0.15, 0.2) is 0 Å². The van der Waals surface area contributed by atoms with E-state index in [1.807, 2.05) is 0 Å². The number of rotatable bonds is 5. The Bertz CT molecular complexity index is 992. The fourth-order valence-corrected chi connectivity index (χ4v) is 2.84. The third kappa shape index (κ3) is 2.81. The molecule has 0 aliphatic carbocycles. The Kier molecular flexibility index (Phi) is 4.49. The topological polar surface area (TPSA) is 110 Å². The minimum Gasteiger partial charge on any atom is -0.497 e. The molecule has 0 radical (unpaired) electrons. The highest BCUT2D eigenvalue weighted by atomic mass is 16.6. The average molecular weight is 355 g/mol. The van der Waals surface area contributed by atoms with Crippen molar-refractivity contribution in [1.29, 1.82) is 0 Å². The van der Waals surface area contributed by atoms with Crippen molar-refractivity contribution >= 4 is 28.4 Å². The number of benzene rings is 2. The monoisotopic (exact) mass is 355 g/mol. The number of aromatic nitrogens is 1. The first-order valence-electron chi connectivity index (χ1n) is 7.87. The fourth-order valence-electron chi connectivity index (χ4n) is 2.84. The van der Waals surface area contributed by atoms with Crippen LogP contribution < -0.4 is 10.5 Å². The molecule has 2 aromatic carbocycles. The van der Waals surface area contributed by atoms with Gasteiger partial charge in [-0.15, -0.1) is 0 Å². The molecule has 0 aliphatic rings. The summed E-state index contributed by atoms with van der Waals surface area (Å²) in [6.07, 6.45) is 0. The predicted molar refractivity (Wildman–Crippen MR) is 96.9 cm³/mol. The summed E-state index contributed by atoms with van der Waals surface area (Å²) in [5.74, 6) is 0.237. The van der Waals surface area contributed by atoms with Gasteiger partial charge in [-0.05, 0) is 37.3 Å². The summed E-state index contributed by atoms with van der Waals surface area (Å²) in [6.45, 7) is 1.89. The molecule has 3 aromatic rings. The number of carbonyl (C=O) groups excluding carboxylic acids is 1. The minimum atomic E-state index is -0.573. The van der Waals surface area contributed by atoms with E-state index < -0.39 is 10.9 Å². The Balaban J connectivity index is 2.31. The molecule has 8 heteroatoms. The smallest absolute Gasteiger partial charge is 0.342 e. The number of nitro benzene ring substituents is 1. The summed E-state index contributed by atoms with van der Waals surface area (Å²) in [5.41, 5.74) is 7.42. The highest BCUT2D eigenvalue weighted by molar-refractivity contribution is 6.10. The van der Waals surface area contributed by atoms with Crippen LogP contribution in [-0.2, 0) is 4.74 Å². The van der Waals surface area contributed by atoms with Crippen LogP contribution >= 0.6 is 0 Å². The minimum absolute atomic E-state index is 0.0971. The van der Waals surface area contributed by atoms with Gasteiger partial charge in [0.05, 0.1) is 24.2 Å². The third-order valence-corrected chi connectivity index (χ3v) is 4.01. The normalized spacial score (nSPS) is 10.7. The second-order valence-electron chi connectivity index (χ2n) is 5.47. The lowest BCUT2D eigenvalue weighted by Gasteiger charge is -2.09. The number of ether oxygens (including phenoxy) is 2. The number of nitrogen functional groups attached to an aromatic ring is 1. The zero-order valence-corrected chi connectivity index (χ0v) is 14.3. The SMILES string of the molecule is CCOC(=O)c1c(N)n(-c2ccc(OC)cc2)c2cc([N+](=O)[O-])ccc12. The number of anilines is 1. The number of nitrogens with two attached hydrogens (primary N) is 1. The van der Waals surface area contributed by atoms with E-state index in [4.69, 9.17) is 15.2 Å². The number of non-ortho nitro benzene ring substituents is 1. The second kappa shape index (κ2) is 6.75. The number of hydrogen-bond donors (Lipinski definition) is 1. The highest BCUT2D eigenvalue weighted by Crippen LogP contribution is 2.34. The molecule has 0 aliphatic heterocycles. The second-order valence-corrected chi connectivity index (χ2v) is 5.47. The fraction of sp³-hybridized carbons (Fsp3) is 0.167. The number of carbonyl (C=O) groups is 1. The summed E-state index contributed by atoms with van der Waals surface area (Å²) in [6, 6.07) is 11.2. The van der Waals surface area contributed by atoms with E-state index in [1.54, 1.807) is 42.9 Å². The molecular weight excluding hydrogens is 338 g/mol. The van der Waals surface area contributed by atoms with Crippen molar-refractivity contribution in [2.75, 3.05) is 19.5 Å². The van der Waals surface area contributed by atoms with Gasteiger partial charge < -0.3 is 15.2 Å². The van der Waals surface area contributed by atoms with E-state index in [0.717, 1.165) is 0 Å². The van der Waals surface area contributed by atoms with Crippen LogP contribution in [-0.4, -0.2) is 29.2 Å². The molecule has 0 spiro atoms. The van der Waals surface area contributed by atoms with Crippen LogP contribution in [0.1, 0.15) is 17.3 Å². The molecule has 0 fully saturated rings. The van der Waals surface area contributed by atoms with Crippen LogP contribution in [0.2, 0.25) is 0 Å². The van der Waals surface area contributed by atoms with Gasteiger partial charge in [0, 0.05) is 23.2 Å². The number of nitrogens with zero attached hydrogens (tertiary/aromatic N) is 2. The molecule has 0 saturated heterocycles. The van der Waals surface area contributed by atoms with Crippen molar-refractivity contribution in [3.05, 3.63) is 58.1 Å². The van der Waals surface area contributed by atoms with Gasteiger partial charge in [0.2, 0.25) is 0 Å². The largest absolute Gasteiger partial charge is 0.497 e. The molecule has 0 unspecified atom stereocenters. The van der Waals surface area contributed by atoms with E-state index in [0.29, 0.717) is 22.3 Å². The summed E-state index contributed by atoms with van der Waals surface area (Å²) < 4.78 is 11.8. The number of esters is 1. The van der Waals surface area contributed by atoms with Crippen LogP contribution in [0.5, 0.6) is 5.75 Å². The first kappa shape index (κ1) is 17.3. The molecule has 3 rings (SSSR count). The van der Waals surface area contributed by atoms with Crippen molar-refractivity contribution in [3.8, 4) is 11.4 Å². The Morgan fingerprint density at radius 3 is 2.50 bits per heavy atom. The van der Waals surface area contributed by atoms with Crippen molar-refractivity contribution in [2.45, 2.75) is 6.92 Å². The first-order chi connectivity index (χ1) is 12.5. The molecule has 2 N–H and O–H groups in total. The summed E-state index contributed by atoms with van der Waals surface area (Å²) in [5, 5.41) is 11.6. The lowest BCUT2D eigenvalue weighted by molar-refractivity contribution is -0.384. The van der Waals surface area contributed by atoms with Crippen molar-refractivity contribution in [1.82, 2.24) is 4.57 Å². The molecule has 0 bridgehead atoms. The first-order valence-corrected chi connectivity index (χ1v) is 7.87. The third-order valence-electron chi connectivity index (χ3n) is 4.01. The maximum atomic E-state index is 12.4. The Morgan fingerprint density at radius 1 is 1.23 bits per heavy atom. The van der Waals surface area contributed by atoms with Crippen LogP contribution in [0.3, 0.4) is 0 Å². The van der Waals surface area contributed by atoms with E-state index >= 15 is 0 Å². The van der Waals surface area contributed by atoms with E-state index in [9.17, 15) is 14.9 Å². The quantitative estimate of drug-likeness (QED) is 0.427. The zero-order valence-electron chi connectivity index (χ0n) is 14.3.